The van der Waals surface area contributed by atoms with Gasteiger partial charge < -0.3 is 9.73 Å². The van der Waals surface area contributed by atoms with Crippen molar-refractivity contribution in [2.45, 2.75) is 59.4 Å². The molecule has 0 aromatic carbocycles. The summed E-state index contributed by atoms with van der Waals surface area (Å²) in [5.41, 5.74) is 0.159. The first-order valence-corrected chi connectivity index (χ1v) is 6.59. The summed E-state index contributed by atoms with van der Waals surface area (Å²) < 4.78 is 5.72. The van der Waals surface area contributed by atoms with Crippen molar-refractivity contribution in [3.05, 3.63) is 17.8 Å². The van der Waals surface area contributed by atoms with Crippen LogP contribution in [-0.4, -0.2) is 17.1 Å². The van der Waals surface area contributed by atoms with Gasteiger partial charge in [-0.3, -0.25) is 0 Å². The summed E-state index contributed by atoms with van der Waals surface area (Å²) in [4.78, 5) is 4.32. The third-order valence-electron chi connectivity index (χ3n) is 2.84. The van der Waals surface area contributed by atoms with Crippen LogP contribution in [0.4, 0.5) is 0 Å². The zero-order chi connectivity index (χ0) is 12.9. The third-order valence-corrected chi connectivity index (χ3v) is 2.84. The Balaban J connectivity index is 2.36. The van der Waals surface area contributed by atoms with E-state index in [4.69, 9.17) is 4.42 Å². The van der Waals surface area contributed by atoms with Crippen LogP contribution >= 0.6 is 0 Å². The van der Waals surface area contributed by atoms with Crippen LogP contribution < -0.4 is 5.32 Å². The number of hydrogen-bond acceptors (Lipinski definition) is 3. The SMILES string of the molecule is CCC(C)Cc1cnc(CCNC(C)(C)C)o1. The molecule has 0 aliphatic rings. The van der Waals surface area contributed by atoms with Crippen LogP contribution in [0.3, 0.4) is 0 Å². The Kier molecular flexibility index (Phi) is 5.19. The fourth-order valence-corrected chi connectivity index (χ4v) is 1.59. The van der Waals surface area contributed by atoms with Gasteiger partial charge in [0, 0.05) is 24.9 Å². The Morgan fingerprint density at radius 1 is 1.41 bits per heavy atom. The summed E-state index contributed by atoms with van der Waals surface area (Å²) >= 11 is 0. The Morgan fingerprint density at radius 2 is 2.12 bits per heavy atom. The van der Waals surface area contributed by atoms with E-state index in [-0.39, 0.29) is 5.54 Å². The lowest BCUT2D eigenvalue weighted by Crippen LogP contribution is -2.37. The van der Waals surface area contributed by atoms with Crippen molar-refractivity contribution in [1.82, 2.24) is 10.3 Å². The first kappa shape index (κ1) is 14.2. The second kappa shape index (κ2) is 6.20. The van der Waals surface area contributed by atoms with E-state index >= 15 is 0 Å². The monoisotopic (exact) mass is 238 g/mol. The van der Waals surface area contributed by atoms with Gasteiger partial charge in [0.05, 0.1) is 6.20 Å². The molecule has 1 aromatic rings. The summed E-state index contributed by atoms with van der Waals surface area (Å²) in [6.45, 7) is 11.8. The van der Waals surface area contributed by atoms with Crippen molar-refractivity contribution < 1.29 is 4.42 Å². The summed E-state index contributed by atoms with van der Waals surface area (Å²) in [5.74, 6) is 2.54. The van der Waals surface area contributed by atoms with Gasteiger partial charge in [-0.1, -0.05) is 20.3 Å². The van der Waals surface area contributed by atoms with Crippen LogP contribution in [-0.2, 0) is 12.8 Å². The van der Waals surface area contributed by atoms with Gasteiger partial charge in [-0.15, -0.1) is 0 Å². The fourth-order valence-electron chi connectivity index (χ4n) is 1.59. The molecule has 1 aromatic heterocycles. The number of aromatic nitrogens is 1. The molecule has 0 aliphatic carbocycles. The van der Waals surface area contributed by atoms with Crippen LogP contribution in [0.2, 0.25) is 0 Å². The molecular formula is C14H26N2O. The third kappa shape index (κ3) is 5.87. The molecule has 0 spiro atoms. The normalized spacial score (nSPS) is 13.9. The van der Waals surface area contributed by atoms with Crippen molar-refractivity contribution in [2.75, 3.05) is 6.54 Å². The highest BCUT2D eigenvalue weighted by molar-refractivity contribution is 4.96. The van der Waals surface area contributed by atoms with E-state index in [2.05, 4.69) is 44.9 Å². The van der Waals surface area contributed by atoms with Crippen molar-refractivity contribution in [3.8, 4) is 0 Å². The molecule has 0 amide bonds. The molecule has 3 nitrogen and oxygen atoms in total. The number of nitrogens with zero attached hydrogens (tertiary/aromatic N) is 1. The quantitative estimate of drug-likeness (QED) is 0.827. The summed E-state index contributed by atoms with van der Waals surface area (Å²) in [6, 6.07) is 0. The smallest absolute Gasteiger partial charge is 0.195 e. The highest BCUT2D eigenvalue weighted by Gasteiger charge is 2.10. The van der Waals surface area contributed by atoms with Gasteiger partial charge in [-0.25, -0.2) is 4.98 Å². The van der Waals surface area contributed by atoms with Gasteiger partial charge >= 0.3 is 0 Å². The highest BCUT2D eigenvalue weighted by atomic mass is 16.4. The van der Waals surface area contributed by atoms with E-state index in [1.54, 1.807) is 0 Å². The first-order valence-electron chi connectivity index (χ1n) is 6.59. The molecule has 0 radical (unpaired) electrons. The molecule has 0 saturated carbocycles. The van der Waals surface area contributed by atoms with Gasteiger partial charge in [0.15, 0.2) is 5.89 Å². The van der Waals surface area contributed by atoms with Crippen LogP contribution in [0.1, 0.15) is 52.7 Å². The first-order chi connectivity index (χ1) is 7.90. The Bertz CT molecular complexity index is 325. The Hall–Kier alpha value is -0.830. The topological polar surface area (TPSA) is 38.1 Å². The average molecular weight is 238 g/mol. The van der Waals surface area contributed by atoms with Gasteiger partial charge in [0.25, 0.3) is 0 Å². The van der Waals surface area contributed by atoms with E-state index in [0.717, 1.165) is 31.0 Å². The minimum absolute atomic E-state index is 0.159. The number of oxazole rings is 1. The minimum Gasteiger partial charge on any atom is -0.446 e. The van der Waals surface area contributed by atoms with Gasteiger partial charge in [0.2, 0.25) is 0 Å². The van der Waals surface area contributed by atoms with E-state index in [1.165, 1.54) is 6.42 Å². The number of hydrogen-bond donors (Lipinski definition) is 1. The van der Waals surface area contributed by atoms with Crippen molar-refractivity contribution in [1.29, 1.82) is 0 Å². The Labute approximate surface area is 105 Å². The molecule has 0 bridgehead atoms. The Morgan fingerprint density at radius 3 is 2.71 bits per heavy atom. The predicted octanol–water partition coefficient (Wildman–Crippen LogP) is 3.19. The van der Waals surface area contributed by atoms with E-state index < -0.39 is 0 Å². The molecule has 3 heteroatoms. The summed E-state index contributed by atoms with van der Waals surface area (Å²) in [7, 11) is 0. The summed E-state index contributed by atoms with van der Waals surface area (Å²) in [6.07, 6.45) is 4.91. The average Bonchev–Trinajstić information content (AvgIpc) is 2.63. The molecule has 0 fully saturated rings. The number of nitrogens with one attached hydrogen (secondary N) is 1. The van der Waals surface area contributed by atoms with Crippen LogP contribution in [0.25, 0.3) is 0 Å². The maximum absolute atomic E-state index is 5.72. The number of rotatable bonds is 6. The minimum atomic E-state index is 0.159. The standard InChI is InChI=1S/C14H26N2O/c1-6-11(2)9-12-10-15-13(17-12)7-8-16-14(3,4)5/h10-11,16H,6-9H2,1-5H3. The molecule has 98 valence electrons. The van der Waals surface area contributed by atoms with Gasteiger partial charge in [0.1, 0.15) is 5.76 Å². The van der Waals surface area contributed by atoms with Crippen LogP contribution in [0, 0.1) is 5.92 Å². The van der Waals surface area contributed by atoms with Gasteiger partial charge in [-0.2, -0.15) is 0 Å². The largest absolute Gasteiger partial charge is 0.446 e. The maximum atomic E-state index is 5.72. The second-order valence-corrected chi connectivity index (χ2v) is 5.86. The van der Waals surface area contributed by atoms with Crippen LogP contribution in [0.15, 0.2) is 10.6 Å². The van der Waals surface area contributed by atoms with E-state index in [9.17, 15) is 0 Å². The molecule has 1 atom stereocenters. The molecule has 1 rings (SSSR count). The second-order valence-electron chi connectivity index (χ2n) is 5.86. The van der Waals surface area contributed by atoms with Crippen molar-refractivity contribution in [2.24, 2.45) is 5.92 Å². The van der Waals surface area contributed by atoms with Crippen molar-refractivity contribution in [3.63, 3.8) is 0 Å². The van der Waals surface area contributed by atoms with E-state index in [1.807, 2.05) is 6.20 Å². The maximum Gasteiger partial charge on any atom is 0.195 e. The molecule has 1 N–H and O–H groups in total. The van der Waals surface area contributed by atoms with Gasteiger partial charge in [-0.05, 0) is 26.7 Å². The molecule has 0 aliphatic heterocycles. The highest BCUT2D eigenvalue weighted by Crippen LogP contribution is 2.13. The molecule has 0 saturated heterocycles. The molecule has 17 heavy (non-hydrogen) atoms. The predicted molar refractivity (Wildman–Crippen MR) is 71.1 cm³/mol. The fraction of sp³-hybridized carbons (Fsp3) is 0.786. The molecule has 1 unspecified atom stereocenters. The van der Waals surface area contributed by atoms with Crippen molar-refractivity contribution >= 4 is 0 Å². The summed E-state index contributed by atoms with van der Waals surface area (Å²) in [5, 5.41) is 3.43. The lowest BCUT2D eigenvalue weighted by atomic mass is 10.0. The molecule has 1 heterocycles. The van der Waals surface area contributed by atoms with Crippen LogP contribution in [0.5, 0.6) is 0 Å². The zero-order valence-corrected chi connectivity index (χ0v) is 11.8. The lowest BCUT2D eigenvalue weighted by molar-refractivity contribution is 0.391. The lowest BCUT2D eigenvalue weighted by Gasteiger charge is -2.19. The van der Waals surface area contributed by atoms with E-state index in [0.29, 0.717) is 5.92 Å². The zero-order valence-electron chi connectivity index (χ0n) is 11.8. The molecular weight excluding hydrogens is 212 g/mol.